The lowest BCUT2D eigenvalue weighted by atomic mass is 10.1. The number of aryl methyl sites for hydroxylation is 2. The number of aromatic nitrogens is 3. The topological polar surface area (TPSA) is 67.6 Å². The number of H-pyrrole nitrogens is 1. The Morgan fingerprint density at radius 2 is 2.31 bits per heavy atom. The molecule has 0 saturated carbocycles. The monoisotopic (exact) mass is 218 g/mol. The van der Waals surface area contributed by atoms with E-state index in [1.165, 1.54) is 5.56 Å². The van der Waals surface area contributed by atoms with Gasteiger partial charge in [-0.3, -0.25) is 0 Å². The summed E-state index contributed by atoms with van der Waals surface area (Å²) in [4.78, 5) is 12.0. The summed E-state index contributed by atoms with van der Waals surface area (Å²) in [7, 11) is 0. The highest BCUT2D eigenvalue weighted by Gasteiger charge is 2.05. The molecule has 4 heteroatoms. The third kappa shape index (κ3) is 2.39. The van der Waals surface area contributed by atoms with Crippen LogP contribution in [0.2, 0.25) is 0 Å². The Bertz CT molecular complexity index is 473. The highest BCUT2D eigenvalue weighted by atomic mass is 15.0. The zero-order valence-corrected chi connectivity index (χ0v) is 9.83. The van der Waals surface area contributed by atoms with E-state index >= 15 is 0 Å². The number of fused-ring (bicyclic) bond motifs is 1. The minimum absolute atomic E-state index is 0.268. The molecule has 2 heterocycles. The van der Waals surface area contributed by atoms with Gasteiger partial charge in [0.05, 0.1) is 5.52 Å². The summed E-state index contributed by atoms with van der Waals surface area (Å²) < 4.78 is 0. The zero-order chi connectivity index (χ0) is 11.5. The SMILES string of the molecule is Cc1ccnc2nc(CCCC(C)N)[nH]c12. The molecule has 2 rings (SSSR count). The molecule has 2 aromatic rings. The van der Waals surface area contributed by atoms with Crippen molar-refractivity contribution in [2.75, 3.05) is 0 Å². The first-order valence-corrected chi connectivity index (χ1v) is 5.72. The lowest BCUT2D eigenvalue weighted by Gasteiger charge is -2.01. The Hall–Kier alpha value is -1.42. The first-order valence-electron chi connectivity index (χ1n) is 5.72. The van der Waals surface area contributed by atoms with E-state index in [0.29, 0.717) is 0 Å². The van der Waals surface area contributed by atoms with Crippen LogP contribution in [0.15, 0.2) is 12.3 Å². The van der Waals surface area contributed by atoms with Crippen LogP contribution in [0.25, 0.3) is 11.2 Å². The number of nitrogens with one attached hydrogen (secondary N) is 1. The van der Waals surface area contributed by atoms with Crippen LogP contribution >= 0.6 is 0 Å². The number of aromatic amines is 1. The normalized spacial score (nSPS) is 13.2. The van der Waals surface area contributed by atoms with E-state index in [-0.39, 0.29) is 6.04 Å². The van der Waals surface area contributed by atoms with Crippen molar-refractivity contribution in [2.45, 2.75) is 39.2 Å². The Kier molecular flexibility index (Phi) is 3.19. The van der Waals surface area contributed by atoms with Crippen molar-refractivity contribution in [3.8, 4) is 0 Å². The van der Waals surface area contributed by atoms with E-state index in [2.05, 4.69) is 21.9 Å². The number of hydrogen-bond donors (Lipinski definition) is 2. The van der Waals surface area contributed by atoms with Gasteiger partial charge < -0.3 is 10.7 Å². The standard InChI is InChI=1S/C12H18N4/c1-8-6-7-14-12-11(8)15-10(16-12)5-3-4-9(2)13/h6-7,9H,3-5,13H2,1-2H3,(H,14,15,16). The third-order valence-corrected chi connectivity index (χ3v) is 2.72. The number of pyridine rings is 1. The van der Waals surface area contributed by atoms with E-state index in [0.717, 1.165) is 36.3 Å². The van der Waals surface area contributed by atoms with Gasteiger partial charge in [-0.1, -0.05) is 0 Å². The second kappa shape index (κ2) is 4.61. The predicted octanol–water partition coefficient (Wildman–Crippen LogP) is 1.94. The highest BCUT2D eigenvalue weighted by Crippen LogP contribution is 2.14. The molecule has 0 spiro atoms. The average molecular weight is 218 g/mol. The van der Waals surface area contributed by atoms with Crippen LogP contribution in [0.5, 0.6) is 0 Å². The third-order valence-electron chi connectivity index (χ3n) is 2.72. The van der Waals surface area contributed by atoms with Gasteiger partial charge in [0.1, 0.15) is 5.82 Å². The first kappa shape index (κ1) is 11.1. The van der Waals surface area contributed by atoms with Gasteiger partial charge in [-0.15, -0.1) is 0 Å². The molecule has 0 aliphatic carbocycles. The zero-order valence-electron chi connectivity index (χ0n) is 9.83. The van der Waals surface area contributed by atoms with Crippen LogP contribution in [0.1, 0.15) is 31.2 Å². The van der Waals surface area contributed by atoms with Crippen molar-refractivity contribution in [1.82, 2.24) is 15.0 Å². The van der Waals surface area contributed by atoms with Crippen molar-refractivity contribution >= 4 is 11.2 Å². The van der Waals surface area contributed by atoms with Crippen molar-refractivity contribution in [3.05, 3.63) is 23.7 Å². The van der Waals surface area contributed by atoms with Crippen molar-refractivity contribution in [1.29, 1.82) is 0 Å². The van der Waals surface area contributed by atoms with Crippen molar-refractivity contribution < 1.29 is 0 Å². The minimum Gasteiger partial charge on any atom is -0.340 e. The Balaban J connectivity index is 2.11. The lowest BCUT2D eigenvalue weighted by Crippen LogP contribution is -2.14. The lowest BCUT2D eigenvalue weighted by molar-refractivity contribution is 0.616. The highest BCUT2D eigenvalue weighted by molar-refractivity contribution is 5.74. The van der Waals surface area contributed by atoms with Gasteiger partial charge >= 0.3 is 0 Å². The quantitative estimate of drug-likeness (QED) is 0.824. The second-order valence-corrected chi connectivity index (χ2v) is 4.38. The second-order valence-electron chi connectivity index (χ2n) is 4.38. The van der Waals surface area contributed by atoms with Gasteiger partial charge in [-0.05, 0) is 38.3 Å². The first-order chi connectivity index (χ1) is 7.66. The number of rotatable bonds is 4. The minimum atomic E-state index is 0.268. The molecule has 2 aromatic heterocycles. The molecular weight excluding hydrogens is 200 g/mol. The molecule has 16 heavy (non-hydrogen) atoms. The summed E-state index contributed by atoms with van der Waals surface area (Å²) >= 11 is 0. The van der Waals surface area contributed by atoms with Crippen LogP contribution in [0.3, 0.4) is 0 Å². The van der Waals surface area contributed by atoms with Crippen LogP contribution in [-0.4, -0.2) is 21.0 Å². The van der Waals surface area contributed by atoms with E-state index in [9.17, 15) is 0 Å². The number of nitrogens with zero attached hydrogens (tertiary/aromatic N) is 2. The van der Waals surface area contributed by atoms with Crippen LogP contribution in [-0.2, 0) is 6.42 Å². The number of nitrogens with two attached hydrogens (primary N) is 1. The Morgan fingerprint density at radius 3 is 3.00 bits per heavy atom. The summed E-state index contributed by atoms with van der Waals surface area (Å²) in [6.07, 6.45) is 4.83. The fraction of sp³-hybridized carbons (Fsp3) is 0.500. The largest absolute Gasteiger partial charge is 0.340 e. The summed E-state index contributed by atoms with van der Waals surface area (Å²) in [5.41, 5.74) is 8.77. The number of hydrogen-bond acceptors (Lipinski definition) is 3. The van der Waals surface area contributed by atoms with E-state index in [4.69, 9.17) is 5.73 Å². The summed E-state index contributed by atoms with van der Waals surface area (Å²) in [6.45, 7) is 4.10. The fourth-order valence-corrected chi connectivity index (χ4v) is 1.79. The van der Waals surface area contributed by atoms with E-state index in [1.807, 2.05) is 13.0 Å². The maximum atomic E-state index is 5.71. The predicted molar refractivity (Wildman–Crippen MR) is 65.2 cm³/mol. The molecule has 0 saturated heterocycles. The summed E-state index contributed by atoms with van der Waals surface area (Å²) in [5.74, 6) is 1.01. The van der Waals surface area contributed by atoms with Crippen LogP contribution in [0, 0.1) is 6.92 Å². The molecule has 0 radical (unpaired) electrons. The molecule has 0 aliphatic heterocycles. The molecule has 0 bridgehead atoms. The molecule has 0 fully saturated rings. The molecule has 0 amide bonds. The van der Waals surface area contributed by atoms with E-state index < -0.39 is 0 Å². The molecule has 0 aromatic carbocycles. The molecule has 0 aliphatic rings. The number of imidazole rings is 1. The van der Waals surface area contributed by atoms with Crippen molar-refractivity contribution in [2.24, 2.45) is 5.73 Å². The summed E-state index contributed by atoms with van der Waals surface area (Å²) in [5, 5.41) is 0. The fourth-order valence-electron chi connectivity index (χ4n) is 1.79. The van der Waals surface area contributed by atoms with Gasteiger partial charge in [0.15, 0.2) is 5.65 Å². The Morgan fingerprint density at radius 1 is 1.50 bits per heavy atom. The van der Waals surface area contributed by atoms with Crippen LogP contribution < -0.4 is 5.73 Å². The average Bonchev–Trinajstić information content (AvgIpc) is 2.61. The van der Waals surface area contributed by atoms with Gasteiger partial charge in [-0.25, -0.2) is 9.97 Å². The molecule has 3 N–H and O–H groups in total. The van der Waals surface area contributed by atoms with Crippen LogP contribution in [0.4, 0.5) is 0 Å². The van der Waals surface area contributed by atoms with Gasteiger partial charge in [0, 0.05) is 18.7 Å². The van der Waals surface area contributed by atoms with Crippen molar-refractivity contribution in [3.63, 3.8) is 0 Å². The molecule has 1 unspecified atom stereocenters. The maximum absolute atomic E-state index is 5.71. The smallest absolute Gasteiger partial charge is 0.177 e. The molecule has 86 valence electrons. The maximum Gasteiger partial charge on any atom is 0.177 e. The van der Waals surface area contributed by atoms with E-state index in [1.54, 1.807) is 6.20 Å². The molecule has 4 nitrogen and oxygen atoms in total. The summed E-state index contributed by atoms with van der Waals surface area (Å²) in [6, 6.07) is 2.26. The molecule has 1 atom stereocenters. The molecular formula is C12H18N4. The Labute approximate surface area is 95.3 Å². The van der Waals surface area contributed by atoms with Gasteiger partial charge in [-0.2, -0.15) is 0 Å². The van der Waals surface area contributed by atoms with Gasteiger partial charge in [0.2, 0.25) is 0 Å². The van der Waals surface area contributed by atoms with Gasteiger partial charge in [0.25, 0.3) is 0 Å².